The maximum absolute atomic E-state index is 14.0. The van der Waals surface area contributed by atoms with Crippen LogP contribution in [0.3, 0.4) is 0 Å². The van der Waals surface area contributed by atoms with E-state index in [0.29, 0.717) is 6.61 Å². The molecule has 0 spiro atoms. The minimum absolute atomic E-state index is 0.000231. The van der Waals surface area contributed by atoms with Crippen LogP contribution >= 0.6 is 0 Å². The molecule has 1 aromatic carbocycles. The van der Waals surface area contributed by atoms with Gasteiger partial charge in [-0.15, -0.1) is 0 Å². The van der Waals surface area contributed by atoms with Crippen LogP contribution in [0.15, 0.2) is 24.3 Å². The molecule has 0 fully saturated rings. The van der Waals surface area contributed by atoms with E-state index < -0.39 is 17.2 Å². The number of nitrogens with two attached hydrogens (primary N) is 1. The van der Waals surface area contributed by atoms with Crippen LogP contribution in [0, 0.1) is 5.82 Å². The van der Waals surface area contributed by atoms with E-state index in [4.69, 9.17) is 15.2 Å². The van der Waals surface area contributed by atoms with Crippen molar-refractivity contribution in [3.63, 3.8) is 0 Å². The molecule has 0 aliphatic rings. The van der Waals surface area contributed by atoms with Gasteiger partial charge in [0.25, 0.3) is 0 Å². The number of esters is 1. The molecule has 0 bridgehead atoms. The molecule has 0 saturated heterocycles. The molecule has 0 heterocycles. The van der Waals surface area contributed by atoms with Crippen molar-refractivity contribution in [2.24, 2.45) is 5.73 Å². The van der Waals surface area contributed by atoms with E-state index in [2.05, 4.69) is 0 Å². The Balaban J connectivity index is 3.23. The standard InChI is InChI=1S/C14H20FNO3/c1-3-18-10-14(9-16,13(17)19-4-2)11-7-5-6-8-12(11)15/h5-8H,3-4,9-10,16H2,1-2H3. The van der Waals surface area contributed by atoms with Crippen LogP contribution in [-0.2, 0) is 19.7 Å². The summed E-state index contributed by atoms with van der Waals surface area (Å²) in [6, 6.07) is 6.06. The molecule has 2 N–H and O–H groups in total. The number of carbonyl (C=O) groups is 1. The van der Waals surface area contributed by atoms with Crippen LogP contribution in [0.4, 0.5) is 4.39 Å². The zero-order valence-electron chi connectivity index (χ0n) is 11.3. The summed E-state index contributed by atoms with van der Waals surface area (Å²) in [5.74, 6) is -1.04. The molecule has 106 valence electrons. The minimum atomic E-state index is -1.29. The molecule has 4 nitrogen and oxygen atoms in total. The Bertz CT molecular complexity index is 425. The fraction of sp³-hybridized carbons (Fsp3) is 0.500. The Kier molecular flexibility index (Phi) is 5.92. The van der Waals surface area contributed by atoms with Crippen LogP contribution in [0.1, 0.15) is 19.4 Å². The first-order valence-corrected chi connectivity index (χ1v) is 6.32. The Morgan fingerprint density at radius 1 is 1.32 bits per heavy atom. The van der Waals surface area contributed by atoms with Crippen LogP contribution < -0.4 is 5.73 Å². The lowest BCUT2D eigenvalue weighted by molar-refractivity contribution is -0.152. The summed E-state index contributed by atoms with van der Waals surface area (Å²) in [7, 11) is 0. The normalized spacial score (nSPS) is 13.9. The average molecular weight is 269 g/mol. The predicted molar refractivity (Wildman–Crippen MR) is 70.3 cm³/mol. The van der Waals surface area contributed by atoms with E-state index >= 15 is 0 Å². The highest BCUT2D eigenvalue weighted by atomic mass is 19.1. The second kappa shape index (κ2) is 7.21. The number of hydrogen-bond acceptors (Lipinski definition) is 4. The van der Waals surface area contributed by atoms with Gasteiger partial charge in [-0.25, -0.2) is 4.39 Å². The molecule has 1 rings (SSSR count). The van der Waals surface area contributed by atoms with Gasteiger partial charge < -0.3 is 15.2 Å². The first-order chi connectivity index (χ1) is 9.12. The van der Waals surface area contributed by atoms with E-state index in [9.17, 15) is 9.18 Å². The molecule has 0 aliphatic heterocycles. The van der Waals surface area contributed by atoms with E-state index in [1.807, 2.05) is 0 Å². The van der Waals surface area contributed by atoms with Crippen LogP contribution in [0.25, 0.3) is 0 Å². The topological polar surface area (TPSA) is 61.5 Å². The zero-order chi connectivity index (χ0) is 14.3. The van der Waals surface area contributed by atoms with E-state index in [-0.39, 0.29) is 25.3 Å². The van der Waals surface area contributed by atoms with Crippen molar-refractivity contribution in [3.05, 3.63) is 35.6 Å². The van der Waals surface area contributed by atoms with Gasteiger partial charge in [-0.1, -0.05) is 18.2 Å². The van der Waals surface area contributed by atoms with Gasteiger partial charge in [-0.2, -0.15) is 0 Å². The third kappa shape index (κ3) is 3.30. The Morgan fingerprint density at radius 3 is 2.53 bits per heavy atom. The first-order valence-electron chi connectivity index (χ1n) is 6.32. The largest absolute Gasteiger partial charge is 0.465 e. The van der Waals surface area contributed by atoms with E-state index in [0.717, 1.165) is 0 Å². The monoisotopic (exact) mass is 269 g/mol. The maximum atomic E-state index is 14.0. The zero-order valence-corrected chi connectivity index (χ0v) is 11.3. The SMILES string of the molecule is CCOCC(CN)(C(=O)OCC)c1ccccc1F. The van der Waals surface area contributed by atoms with E-state index in [1.165, 1.54) is 12.1 Å². The quantitative estimate of drug-likeness (QED) is 0.764. The molecule has 19 heavy (non-hydrogen) atoms. The molecule has 1 unspecified atom stereocenters. The van der Waals surface area contributed by atoms with Crippen LogP contribution in [0.5, 0.6) is 0 Å². The maximum Gasteiger partial charge on any atom is 0.320 e. The third-order valence-electron chi connectivity index (χ3n) is 2.96. The van der Waals surface area contributed by atoms with Crippen molar-refractivity contribution in [1.82, 2.24) is 0 Å². The van der Waals surface area contributed by atoms with Gasteiger partial charge in [0.05, 0.1) is 13.2 Å². The Labute approximate surface area is 112 Å². The molecule has 0 saturated carbocycles. The molecule has 1 aromatic rings. The highest BCUT2D eigenvalue weighted by Crippen LogP contribution is 2.28. The lowest BCUT2D eigenvalue weighted by Gasteiger charge is -2.30. The summed E-state index contributed by atoms with van der Waals surface area (Å²) in [4.78, 5) is 12.2. The lowest BCUT2D eigenvalue weighted by Crippen LogP contribution is -2.48. The molecule has 0 amide bonds. The van der Waals surface area contributed by atoms with Gasteiger partial charge in [-0.05, 0) is 19.9 Å². The van der Waals surface area contributed by atoms with Gasteiger partial charge in [0.2, 0.25) is 0 Å². The lowest BCUT2D eigenvalue weighted by atomic mass is 9.80. The van der Waals surface area contributed by atoms with Crippen molar-refractivity contribution >= 4 is 5.97 Å². The van der Waals surface area contributed by atoms with Gasteiger partial charge >= 0.3 is 5.97 Å². The Morgan fingerprint density at radius 2 is 2.00 bits per heavy atom. The summed E-state index contributed by atoms with van der Waals surface area (Å²) in [6.45, 7) is 4.04. The first kappa shape index (κ1) is 15.6. The molecule has 1 atom stereocenters. The molecule has 0 radical (unpaired) electrons. The summed E-state index contributed by atoms with van der Waals surface area (Å²) in [5.41, 5.74) is 4.65. The van der Waals surface area contributed by atoms with Crippen molar-refractivity contribution < 1.29 is 18.7 Å². The van der Waals surface area contributed by atoms with Crippen molar-refractivity contribution in [3.8, 4) is 0 Å². The molecule has 0 aliphatic carbocycles. The van der Waals surface area contributed by atoms with Crippen LogP contribution in [0.2, 0.25) is 0 Å². The fourth-order valence-corrected chi connectivity index (χ4v) is 1.89. The number of carbonyl (C=O) groups excluding carboxylic acids is 1. The minimum Gasteiger partial charge on any atom is -0.465 e. The highest BCUT2D eigenvalue weighted by molar-refractivity contribution is 5.84. The average Bonchev–Trinajstić information content (AvgIpc) is 2.42. The summed E-state index contributed by atoms with van der Waals surface area (Å²) in [6.07, 6.45) is 0. The predicted octanol–water partition coefficient (Wildman–Crippen LogP) is 1.62. The van der Waals surface area contributed by atoms with Crippen molar-refractivity contribution in [1.29, 1.82) is 0 Å². The van der Waals surface area contributed by atoms with Crippen molar-refractivity contribution in [2.45, 2.75) is 19.3 Å². The third-order valence-corrected chi connectivity index (χ3v) is 2.96. The number of rotatable bonds is 7. The van der Waals surface area contributed by atoms with Gasteiger partial charge in [0, 0.05) is 18.7 Å². The molecular weight excluding hydrogens is 249 g/mol. The second-order valence-electron chi connectivity index (χ2n) is 4.12. The fourth-order valence-electron chi connectivity index (χ4n) is 1.89. The number of halogens is 1. The number of hydrogen-bond donors (Lipinski definition) is 1. The van der Waals surface area contributed by atoms with Gasteiger partial charge in [0.1, 0.15) is 11.2 Å². The number of benzene rings is 1. The summed E-state index contributed by atoms with van der Waals surface area (Å²) in [5, 5.41) is 0. The van der Waals surface area contributed by atoms with Gasteiger partial charge in [0.15, 0.2) is 0 Å². The molecular formula is C14H20FNO3. The second-order valence-corrected chi connectivity index (χ2v) is 4.12. The van der Waals surface area contributed by atoms with E-state index in [1.54, 1.807) is 26.0 Å². The molecule has 5 heteroatoms. The smallest absolute Gasteiger partial charge is 0.320 e. The summed E-state index contributed by atoms with van der Waals surface area (Å²) >= 11 is 0. The van der Waals surface area contributed by atoms with Crippen molar-refractivity contribution in [2.75, 3.05) is 26.4 Å². The summed E-state index contributed by atoms with van der Waals surface area (Å²) < 4.78 is 24.3. The molecule has 0 aromatic heterocycles. The van der Waals surface area contributed by atoms with Crippen LogP contribution in [-0.4, -0.2) is 32.3 Å². The van der Waals surface area contributed by atoms with Gasteiger partial charge in [-0.3, -0.25) is 4.79 Å². The number of ether oxygens (including phenoxy) is 2. The Hall–Kier alpha value is -1.46. The highest BCUT2D eigenvalue weighted by Gasteiger charge is 2.42.